The number of nitrogens with two attached hydrogens (primary N) is 1. The van der Waals surface area contributed by atoms with E-state index in [1.807, 2.05) is 39.8 Å². The van der Waals surface area contributed by atoms with Crippen LogP contribution in [0.2, 0.25) is 5.15 Å². The van der Waals surface area contributed by atoms with Gasteiger partial charge in [0.15, 0.2) is 0 Å². The first-order valence-corrected chi connectivity index (χ1v) is 7.40. The number of halogens is 1. The third-order valence-corrected chi connectivity index (χ3v) is 4.43. The summed E-state index contributed by atoms with van der Waals surface area (Å²) in [5.41, 5.74) is 6.82. The molecule has 0 amide bonds. The summed E-state index contributed by atoms with van der Waals surface area (Å²) >= 11 is 5.84. The van der Waals surface area contributed by atoms with Gasteiger partial charge in [-0.15, -0.1) is 0 Å². The van der Waals surface area contributed by atoms with Gasteiger partial charge in [0.25, 0.3) is 0 Å². The number of pyridine rings is 1. The normalized spacial score (nSPS) is 20.0. The van der Waals surface area contributed by atoms with Crippen molar-refractivity contribution >= 4 is 24.8 Å². The molecule has 0 saturated carbocycles. The van der Waals surface area contributed by atoms with Crippen molar-refractivity contribution in [1.82, 2.24) is 4.98 Å². The predicted octanol–water partition coefficient (Wildman–Crippen LogP) is 2.58. The van der Waals surface area contributed by atoms with Crippen LogP contribution < -0.4 is 5.73 Å². The third-order valence-electron chi connectivity index (χ3n) is 4.12. The van der Waals surface area contributed by atoms with Gasteiger partial charge in [0, 0.05) is 12.7 Å². The molecule has 1 aromatic rings. The van der Waals surface area contributed by atoms with Gasteiger partial charge in [-0.2, -0.15) is 5.26 Å². The van der Waals surface area contributed by atoms with Crippen molar-refractivity contribution in [3.8, 4) is 6.07 Å². The maximum absolute atomic E-state index is 9.01. The van der Waals surface area contributed by atoms with Crippen LogP contribution in [0.3, 0.4) is 0 Å². The molecule has 1 aliphatic rings. The second kappa shape index (κ2) is 6.02. The minimum absolute atomic E-state index is 0.185. The van der Waals surface area contributed by atoms with Crippen LogP contribution in [-0.4, -0.2) is 29.8 Å². The molecule has 7 heteroatoms. The molecule has 0 atom stereocenters. The van der Waals surface area contributed by atoms with Crippen LogP contribution in [0, 0.1) is 11.3 Å². The number of rotatable bonds is 3. The largest absolute Gasteiger partial charge is 0.491 e. The number of aromatic nitrogens is 1. The molecule has 1 aromatic heterocycles. The Morgan fingerprint density at radius 2 is 2.00 bits per heavy atom. The highest BCUT2D eigenvalue weighted by Gasteiger charge is 2.52. The van der Waals surface area contributed by atoms with E-state index in [0.29, 0.717) is 5.56 Å². The van der Waals surface area contributed by atoms with Crippen molar-refractivity contribution in [1.29, 1.82) is 5.26 Å². The zero-order chi connectivity index (χ0) is 16.5. The molecule has 0 aromatic carbocycles. The van der Waals surface area contributed by atoms with Gasteiger partial charge in [-0.05, 0) is 44.8 Å². The summed E-state index contributed by atoms with van der Waals surface area (Å²) in [5.74, 6) is 0. The standard InChI is InChI=1S/C15H19BClN3O2/c1-14(2)15(3,4)22-16(21-14)12(8-19)6-10-5-11(7-18)13(17)20-9-10/h5-6,9H,8,19H2,1-4H3. The van der Waals surface area contributed by atoms with E-state index >= 15 is 0 Å². The molecule has 0 aliphatic carbocycles. The van der Waals surface area contributed by atoms with Gasteiger partial charge in [0.1, 0.15) is 11.2 Å². The molecule has 5 nitrogen and oxygen atoms in total. The summed E-state index contributed by atoms with van der Waals surface area (Å²) in [5, 5.41) is 9.20. The number of nitrogens with zero attached hydrogens (tertiary/aromatic N) is 2. The Hall–Kier alpha value is -1.39. The van der Waals surface area contributed by atoms with Gasteiger partial charge >= 0.3 is 7.12 Å². The lowest BCUT2D eigenvalue weighted by Crippen LogP contribution is -2.41. The Labute approximate surface area is 136 Å². The predicted molar refractivity (Wildman–Crippen MR) is 87.1 cm³/mol. The first-order chi connectivity index (χ1) is 10.2. The molecule has 1 aliphatic heterocycles. The molecular formula is C15H19BClN3O2. The smallest absolute Gasteiger partial charge is 0.400 e. The number of nitriles is 1. The number of hydrogen-bond donors (Lipinski definition) is 1. The van der Waals surface area contributed by atoms with Crippen molar-refractivity contribution < 1.29 is 9.31 Å². The average molecular weight is 320 g/mol. The van der Waals surface area contributed by atoms with Gasteiger partial charge in [0.2, 0.25) is 0 Å². The van der Waals surface area contributed by atoms with Crippen LogP contribution in [0.1, 0.15) is 38.8 Å². The molecule has 0 radical (unpaired) electrons. The van der Waals surface area contributed by atoms with E-state index in [2.05, 4.69) is 4.98 Å². The zero-order valence-corrected chi connectivity index (χ0v) is 13.9. The highest BCUT2D eigenvalue weighted by atomic mass is 35.5. The fraction of sp³-hybridized carbons (Fsp3) is 0.467. The molecule has 2 rings (SSSR count). The molecular weight excluding hydrogens is 300 g/mol. The zero-order valence-electron chi connectivity index (χ0n) is 13.2. The fourth-order valence-electron chi connectivity index (χ4n) is 2.05. The van der Waals surface area contributed by atoms with E-state index in [-0.39, 0.29) is 11.7 Å². The molecule has 1 saturated heterocycles. The molecule has 2 heterocycles. The van der Waals surface area contributed by atoms with Gasteiger partial charge in [-0.25, -0.2) is 4.98 Å². The Balaban J connectivity index is 2.32. The highest BCUT2D eigenvalue weighted by Crippen LogP contribution is 2.38. The van der Waals surface area contributed by atoms with Crippen molar-refractivity contribution in [2.75, 3.05) is 6.54 Å². The Kier molecular flexibility index (Phi) is 4.64. The lowest BCUT2D eigenvalue weighted by atomic mass is 9.77. The van der Waals surface area contributed by atoms with Crippen LogP contribution in [0.25, 0.3) is 6.08 Å². The van der Waals surface area contributed by atoms with Crippen LogP contribution in [-0.2, 0) is 9.31 Å². The van der Waals surface area contributed by atoms with Crippen molar-refractivity contribution in [2.24, 2.45) is 5.73 Å². The van der Waals surface area contributed by atoms with Crippen molar-refractivity contribution in [3.63, 3.8) is 0 Å². The van der Waals surface area contributed by atoms with Crippen molar-refractivity contribution in [3.05, 3.63) is 34.0 Å². The van der Waals surface area contributed by atoms with Gasteiger partial charge in [0.05, 0.1) is 16.8 Å². The molecule has 2 N–H and O–H groups in total. The molecule has 1 fully saturated rings. The maximum Gasteiger partial charge on any atom is 0.491 e. The minimum atomic E-state index is -0.517. The summed E-state index contributed by atoms with van der Waals surface area (Å²) in [6.45, 7) is 8.22. The number of hydrogen-bond acceptors (Lipinski definition) is 5. The Bertz CT molecular complexity index is 637. The monoisotopic (exact) mass is 319 g/mol. The summed E-state index contributed by atoms with van der Waals surface area (Å²) in [4.78, 5) is 4.00. The fourth-order valence-corrected chi connectivity index (χ4v) is 2.20. The highest BCUT2D eigenvalue weighted by molar-refractivity contribution is 6.55. The molecule has 22 heavy (non-hydrogen) atoms. The Morgan fingerprint density at radius 3 is 2.50 bits per heavy atom. The van der Waals surface area contributed by atoms with E-state index in [1.54, 1.807) is 12.3 Å². The van der Waals surface area contributed by atoms with Crippen LogP contribution >= 0.6 is 11.6 Å². The lowest BCUT2D eigenvalue weighted by molar-refractivity contribution is 0.00578. The first kappa shape index (κ1) is 17.0. The second-order valence-corrected chi connectivity index (χ2v) is 6.59. The molecule has 116 valence electrons. The van der Waals surface area contributed by atoms with E-state index in [1.165, 1.54) is 0 Å². The quantitative estimate of drug-likeness (QED) is 0.684. The van der Waals surface area contributed by atoms with E-state index in [4.69, 9.17) is 31.9 Å². The minimum Gasteiger partial charge on any atom is -0.400 e. The molecule has 0 bridgehead atoms. The first-order valence-electron chi connectivity index (χ1n) is 7.02. The Morgan fingerprint density at radius 1 is 1.41 bits per heavy atom. The third kappa shape index (κ3) is 3.18. The summed E-state index contributed by atoms with van der Waals surface area (Å²) in [6, 6.07) is 3.67. The van der Waals surface area contributed by atoms with E-state index < -0.39 is 18.3 Å². The lowest BCUT2D eigenvalue weighted by Gasteiger charge is -2.32. The maximum atomic E-state index is 9.01. The topological polar surface area (TPSA) is 81.2 Å². The van der Waals surface area contributed by atoms with Crippen LogP contribution in [0.4, 0.5) is 0 Å². The molecule has 0 spiro atoms. The summed E-state index contributed by atoms with van der Waals surface area (Å²) in [7, 11) is -0.517. The van der Waals surface area contributed by atoms with E-state index in [9.17, 15) is 0 Å². The summed E-state index contributed by atoms with van der Waals surface area (Å²) in [6.07, 6.45) is 3.41. The molecule has 0 unspecified atom stereocenters. The van der Waals surface area contributed by atoms with Gasteiger partial charge in [-0.3, -0.25) is 0 Å². The van der Waals surface area contributed by atoms with Crippen molar-refractivity contribution in [2.45, 2.75) is 38.9 Å². The van der Waals surface area contributed by atoms with Crippen LogP contribution in [0.15, 0.2) is 17.7 Å². The average Bonchev–Trinajstić information content (AvgIpc) is 2.66. The summed E-state index contributed by atoms with van der Waals surface area (Å²) < 4.78 is 12.0. The van der Waals surface area contributed by atoms with Gasteiger partial charge < -0.3 is 15.0 Å². The second-order valence-electron chi connectivity index (χ2n) is 6.23. The SMILES string of the molecule is CC1(C)OB(C(=Cc2cnc(Cl)c(C#N)c2)CN)OC1(C)C. The van der Waals surface area contributed by atoms with Crippen LogP contribution in [0.5, 0.6) is 0 Å². The van der Waals surface area contributed by atoms with Gasteiger partial charge in [-0.1, -0.05) is 17.7 Å². The van der Waals surface area contributed by atoms with E-state index in [0.717, 1.165) is 11.0 Å².